The lowest BCUT2D eigenvalue weighted by Crippen LogP contribution is -2.33. The van der Waals surface area contributed by atoms with E-state index in [9.17, 15) is 9.59 Å². The third kappa shape index (κ3) is 6.79. The second-order valence-electron chi connectivity index (χ2n) is 7.70. The number of carbonyl (C=O) groups excluding carboxylic acids is 1. The molecule has 4 rings (SSSR count). The van der Waals surface area contributed by atoms with Crippen LogP contribution in [0.5, 0.6) is 11.5 Å². The average Bonchev–Trinajstić information content (AvgIpc) is 3.09. The molecule has 1 N–H and O–H groups in total. The van der Waals surface area contributed by atoms with E-state index in [0.717, 1.165) is 27.8 Å². The molecule has 0 saturated carbocycles. The number of halogens is 2. The molecule has 1 fully saturated rings. The minimum absolute atomic E-state index is 0.184. The van der Waals surface area contributed by atoms with Crippen molar-refractivity contribution in [2.75, 3.05) is 6.54 Å². The van der Waals surface area contributed by atoms with Gasteiger partial charge in [-0.15, -0.1) is 0 Å². The lowest BCUT2D eigenvalue weighted by molar-refractivity contribution is -0.140. The van der Waals surface area contributed by atoms with Crippen LogP contribution in [0.4, 0.5) is 0 Å². The summed E-state index contributed by atoms with van der Waals surface area (Å²) in [5.41, 5.74) is 2.36. The predicted molar refractivity (Wildman–Crippen MR) is 146 cm³/mol. The summed E-state index contributed by atoms with van der Waals surface area (Å²) in [6.07, 6.45) is 1.63. The van der Waals surface area contributed by atoms with E-state index in [0.29, 0.717) is 38.6 Å². The highest BCUT2D eigenvalue weighted by Gasteiger charge is 2.33. The van der Waals surface area contributed by atoms with E-state index in [1.54, 1.807) is 42.5 Å². The van der Waals surface area contributed by atoms with Gasteiger partial charge < -0.3 is 14.6 Å². The minimum atomic E-state index is -1.14. The van der Waals surface area contributed by atoms with Gasteiger partial charge in [0.1, 0.15) is 35.6 Å². The fraction of sp³-hybridized carbons (Fsp3) is 0.115. The van der Waals surface area contributed by atoms with E-state index >= 15 is 0 Å². The molecule has 1 aliphatic heterocycles. The zero-order valence-corrected chi connectivity index (χ0v) is 21.8. The Morgan fingerprint density at radius 3 is 2.22 bits per heavy atom. The van der Waals surface area contributed by atoms with Crippen LogP contribution in [0.2, 0.25) is 10.0 Å². The summed E-state index contributed by atoms with van der Waals surface area (Å²) >= 11 is 18.4. The van der Waals surface area contributed by atoms with E-state index in [1.165, 1.54) is 0 Å². The van der Waals surface area contributed by atoms with Gasteiger partial charge in [0.15, 0.2) is 0 Å². The number of carboxylic acid groups (broad SMARTS) is 1. The molecular formula is C26H19Cl2NO5S2. The van der Waals surface area contributed by atoms with Gasteiger partial charge in [0, 0.05) is 15.6 Å². The third-order valence-corrected chi connectivity index (χ3v) is 6.86. The van der Waals surface area contributed by atoms with Crippen LogP contribution in [-0.2, 0) is 22.8 Å². The van der Waals surface area contributed by atoms with Crippen molar-refractivity contribution in [3.05, 3.63) is 98.4 Å². The Balaban J connectivity index is 1.60. The molecule has 0 bridgehead atoms. The molecule has 1 aliphatic rings. The van der Waals surface area contributed by atoms with Crippen molar-refractivity contribution < 1.29 is 24.2 Å². The van der Waals surface area contributed by atoms with E-state index in [-0.39, 0.29) is 10.9 Å². The van der Waals surface area contributed by atoms with Crippen molar-refractivity contribution in [3.63, 3.8) is 0 Å². The molecule has 1 heterocycles. The first-order chi connectivity index (χ1) is 17.3. The number of nitrogens with zero attached hydrogens (tertiary/aromatic N) is 1. The summed E-state index contributed by atoms with van der Waals surface area (Å²) in [4.78, 5) is 25.3. The maximum atomic E-state index is 12.8. The number of hydrogen-bond donors (Lipinski definition) is 1. The summed E-state index contributed by atoms with van der Waals surface area (Å²) in [5.74, 6) is -0.557. The number of thioether (sulfide) groups is 1. The summed E-state index contributed by atoms with van der Waals surface area (Å²) < 4.78 is 12.2. The number of hydrogen-bond acceptors (Lipinski definition) is 6. The fourth-order valence-corrected chi connectivity index (χ4v) is 5.03. The Hall–Kier alpha value is -3.04. The number of carbonyl (C=O) groups is 2. The maximum Gasteiger partial charge on any atom is 0.323 e. The van der Waals surface area contributed by atoms with Gasteiger partial charge in [-0.25, -0.2) is 0 Å². The van der Waals surface area contributed by atoms with Crippen LogP contribution in [-0.4, -0.2) is 32.7 Å². The molecule has 36 heavy (non-hydrogen) atoms. The van der Waals surface area contributed by atoms with Gasteiger partial charge in [-0.05, 0) is 59.7 Å². The number of benzene rings is 3. The molecule has 1 saturated heterocycles. The molecule has 6 nitrogen and oxygen atoms in total. The summed E-state index contributed by atoms with van der Waals surface area (Å²) in [6.45, 7) is 0.0520. The van der Waals surface area contributed by atoms with Crippen LogP contribution in [0.25, 0.3) is 6.08 Å². The number of thiocarbonyl (C=S) groups is 1. The number of carboxylic acids is 1. The molecule has 3 aromatic rings. The first-order valence-corrected chi connectivity index (χ1v) is 12.6. The SMILES string of the molecule is O=C(O)CN1C(=O)/C(=C/c2cc(OCc3cccc(Cl)c3)ccc2OCc2cccc(Cl)c2)SC1=S. The van der Waals surface area contributed by atoms with E-state index < -0.39 is 18.4 Å². The fourth-order valence-electron chi connectivity index (χ4n) is 3.35. The molecule has 184 valence electrons. The number of aliphatic carboxylic acids is 1. The predicted octanol–water partition coefficient (Wildman–Crippen LogP) is 6.44. The molecule has 1 amide bonds. The van der Waals surface area contributed by atoms with Crippen LogP contribution in [0.1, 0.15) is 16.7 Å². The number of amides is 1. The van der Waals surface area contributed by atoms with Gasteiger partial charge in [0.2, 0.25) is 0 Å². The van der Waals surface area contributed by atoms with Crippen molar-refractivity contribution in [2.24, 2.45) is 0 Å². The highest BCUT2D eigenvalue weighted by Crippen LogP contribution is 2.35. The molecule has 3 aromatic carbocycles. The van der Waals surface area contributed by atoms with Gasteiger partial charge in [-0.2, -0.15) is 0 Å². The van der Waals surface area contributed by atoms with Crippen LogP contribution < -0.4 is 9.47 Å². The standard InChI is InChI=1S/C26H19Cl2NO5S2/c27-19-5-1-3-16(9-19)14-33-21-7-8-22(34-15-17-4-2-6-20(28)10-17)18(11-21)12-23-25(32)29(13-24(30)31)26(35)36-23/h1-12H,13-15H2,(H,30,31)/b23-12-. The molecule has 0 atom stereocenters. The lowest BCUT2D eigenvalue weighted by Gasteiger charge is -2.13. The van der Waals surface area contributed by atoms with Crippen molar-refractivity contribution in [1.82, 2.24) is 4.90 Å². The zero-order valence-electron chi connectivity index (χ0n) is 18.6. The van der Waals surface area contributed by atoms with E-state index in [1.807, 2.05) is 30.3 Å². The second-order valence-corrected chi connectivity index (χ2v) is 10.2. The minimum Gasteiger partial charge on any atom is -0.489 e. The van der Waals surface area contributed by atoms with Crippen molar-refractivity contribution in [2.45, 2.75) is 13.2 Å². The lowest BCUT2D eigenvalue weighted by atomic mass is 10.1. The topological polar surface area (TPSA) is 76.1 Å². The van der Waals surface area contributed by atoms with Gasteiger partial charge in [0.25, 0.3) is 5.91 Å². The monoisotopic (exact) mass is 559 g/mol. The van der Waals surface area contributed by atoms with Crippen LogP contribution in [0.15, 0.2) is 71.6 Å². The first kappa shape index (κ1) is 26.0. The van der Waals surface area contributed by atoms with Crippen molar-refractivity contribution >= 4 is 69.5 Å². The maximum absolute atomic E-state index is 12.8. The molecule has 0 aromatic heterocycles. The Morgan fingerprint density at radius 1 is 0.972 bits per heavy atom. The van der Waals surface area contributed by atoms with Crippen LogP contribution in [0.3, 0.4) is 0 Å². The first-order valence-electron chi connectivity index (χ1n) is 10.6. The molecule has 10 heteroatoms. The van der Waals surface area contributed by atoms with E-state index in [4.69, 9.17) is 50.0 Å². The van der Waals surface area contributed by atoms with Gasteiger partial charge in [0.05, 0.1) is 4.91 Å². The average molecular weight is 560 g/mol. The van der Waals surface area contributed by atoms with Crippen molar-refractivity contribution in [3.8, 4) is 11.5 Å². The Bertz CT molecular complexity index is 1360. The highest BCUT2D eigenvalue weighted by atomic mass is 35.5. The normalized spacial score (nSPS) is 14.4. The molecule has 0 spiro atoms. The third-order valence-electron chi connectivity index (χ3n) is 5.01. The van der Waals surface area contributed by atoms with Crippen molar-refractivity contribution in [1.29, 1.82) is 0 Å². The van der Waals surface area contributed by atoms with E-state index in [2.05, 4.69) is 0 Å². The summed E-state index contributed by atoms with van der Waals surface area (Å²) in [7, 11) is 0. The van der Waals surface area contributed by atoms with Gasteiger partial charge >= 0.3 is 5.97 Å². The second kappa shape index (κ2) is 11.8. The zero-order chi connectivity index (χ0) is 25.7. The van der Waals surface area contributed by atoms with Gasteiger partial charge in [-0.1, -0.05) is 71.4 Å². The Morgan fingerprint density at radius 2 is 1.61 bits per heavy atom. The largest absolute Gasteiger partial charge is 0.489 e. The van der Waals surface area contributed by atoms with Crippen LogP contribution in [0, 0.1) is 0 Å². The summed E-state index contributed by atoms with van der Waals surface area (Å²) in [5, 5.41) is 10.3. The Kier molecular flexibility index (Phi) is 8.53. The smallest absolute Gasteiger partial charge is 0.323 e. The number of ether oxygens (including phenoxy) is 2. The quantitative estimate of drug-likeness (QED) is 0.239. The van der Waals surface area contributed by atoms with Crippen LogP contribution >= 0.6 is 47.2 Å². The van der Waals surface area contributed by atoms with Gasteiger partial charge in [-0.3, -0.25) is 14.5 Å². The molecule has 0 unspecified atom stereocenters. The molecule has 0 aliphatic carbocycles. The molecular weight excluding hydrogens is 541 g/mol. The highest BCUT2D eigenvalue weighted by molar-refractivity contribution is 8.26. The Labute approximate surface area is 227 Å². The number of rotatable bonds is 9. The molecule has 0 radical (unpaired) electrons. The summed E-state index contributed by atoms with van der Waals surface area (Å²) in [6, 6.07) is 19.9.